The summed E-state index contributed by atoms with van der Waals surface area (Å²) in [6, 6.07) is 31.9. The zero-order valence-corrected chi connectivity index (χ0v) is 15.0. The topological polar surface area (TPSA) is 26.0 Å². The molecular formula is C24H17NS. The van der Waals surface area contributed by atoms with Gasteiger partial charge in [0.2, 0.25) is 0 Å². The van der Waals surface area contributed by atoms with Crippen LogP contribution in [0, 0.1) is 0 Å². The van der Waals surface area contributed by atoms with E-state index in [9.17, 15) is 0 Å². The number of fused-ring (bicyclic) bond motifs is 3. The first-order valence-corrected chi connectivity index (χ1v) is 9.48. The Morgan fingerprint density at radius 1 is 0.538 bits per heavy atom. The van der Waals surface area contributed by atoms with Crippen molar-refractivity contribution in [2.45, 2.75) is 0 Å². The minimum absolute atomic E-state index is 0.825. The van der Waals surface area contributed by atoms with E-state index < -0.39 is 0 Å². The normalized spacial score (nSPS) is 11.2. The first kappa shape index (κ1) is 15.2. The Bertz CT molecular complexity index is 1240. The van der Waals surface area contributed by atoms with Gasteiger partial charge in [-0.25, -0.2) is 0 Å². The number of benzene rings is 4. The van der Waals surface area contributed by atoms with Gasteiger partial charge in [-0.05, 0) is 41.0 Å². The van der Waals surface area contributed by atoms with Gasteiger partial charge in [-0.1, -0.05) is 66.7 Å². The van der Waals surface area contributed by atoms with E-state index in [0.717, 1.165) is 16.8 Å². The summed E-state index contributed by atoms with van der Waals surface area (Å²) in [4.78, 5) is 0. The minimum Gasteiger partial charge on any atom is -0.398 e. The van der Waals surface area contributed by atoms with Crippen LogP contribution in [0.4, 0.5) is 5.69 Å². The highest BCUT2D eigenvalue weighted by molar-refractivity contribution is 7.25. The lowest BCUT2D eigenvalue weighted by atomic mass is 9.97. The number of nitrogens with two attached hydrogens (primary N) is 1. The number of thiophene rings is 1. The summed E-state index contributed by atoms with van der Waals surface area (Å²) >= 11 is 1.82. The fourth-order valence-corrected chi connectivity index (χ4v) is 4.66. The Hall–Kier alpha value is -3.10. The summed E-state index contributed by atoms with van der Waals surface area (Å²) in [6.07, 6.45) is 0. The molecule has 0 spiro atoms. The summed E-state index contributed by atoms with van der Waals surface area (Å²) < 4.78 is 2.58. The Kier molecular flexibility index (Phi) is 3.51. The lowest BCUT2D eigenvalue weighted by Crippen LogP contribution is -1.90. The molecule has 124 valence electrons. The predicted molar refractivity (Wildman–Crippen MR) is 115 cm³/mol. The van der Waals surface area contributed by atoms with Crippen molar-refractivity contribution in [3.8, 4) is 22.3 Å². The average Bonchev–Trinajstić information content (AvgIpc) is 3.06. The van der Waals surface area contributed by atoms with E-state index in [1.807, 2.05) is 17.4 Å². The predicted octanol–water partition coefficient (Wildman–Crippen LogP) is 6.97. The SMILES string of the molecule is Nc1cc2c(cc1-c1cccc(-c3ccccc3)c1)sc1ccccc12. The molecule has 0 bridgehead atoms. The fraction of sp³-hybridized carbons (Fsp3) is 0. The van der Waals surface area contributed by atoms with Crippen molar-refractivity contribution in [3.05, 3.63) is 91.0 Å². The Morgan fingerprint density at radius 3 is 2.15 bits per heavy atom. The van der Waals surface area contributed by atoms with Crippen LogP contribution >= 0.6 is 11.3 Å². The molecule has 0 aliphatic rings. The molecule has 0 radical (unpaired) electrons. The molecule has 0 unspecified atom stereocenters. The third kappa shape index (κ3) is 2.47. The van der Waals surface area contributed by atoms with Gasteiger partial charge in [-0.15, -0.1) is 11.3 Å². The van der Waals surface area contributed by atoms with E-state index in [1.165, 1.54) is 31.3 Å². The van der Waals surface area contributed by atoms with Gasteiger partial charge in [-0.2, -0.15) is 0 Å². The molecule has 0 fully saturated rings. The second-order valence-corrected chi connectivity index (χ2v) is 7.56. The molecule has 2 heteroatoms. The lowest BCUT2D eigenvalue weighted by Gasteiger charge is -2.09. The maximum atomic E-state index is 6.46. The number of hydrogen-bond acceptors (Lipinski definition) is 2. The number of nitrogen functional groups attached to an aromatic ring is 1. The highest BCUT2D eigenvalue weighted by Gasteiger charge is 2.10. The van der Waals surface area contributed by atoms with Crippen LogP contribution in [-0.2, 0) is 0 Å². The van der Waals surface area contributed by atoms with Crippen LogP contribution in [0.15, 0.2) is 91.0 Å². The maximum Gasteiger partial charge on any atom is 0.0400 e. The summed E-state index contributed by atoms with van der Waals surface area (Å²) in [6.45, 7) is 0. The summed E-state index contributed by atoms with van der Waals surface area (Å²) in [5, 5.41) is 2.52. The number of anilines is 1. The smallest absolute Gasteiger partial charge is 0.0400 e. The van der Waals surface area contributed by atoms with Gasteiger partial charge in [0, 0.05) is 31.4 Å². The van der Waals surface area contributed by atoms with Crippen molar-refractivity contribution in [3.63, 3.8) is 0 Å². The van der Waals surface area contributed by atoms with E-state index in [-0.39, 0.29) is 0 Å². The maximum absolute atomic E-state index is 6.46. The van der Waals surface area contributed by atoms with Gasteiger partial charge in [0.1, 0.15) is 0 Å². The second kappa shape index (κ2) is 6.01. The van der Waals surface area contributed by atoms with E-state index in [1.54, 1.807) is 0 Å². The molecule has 5 aromatic rings. The molecule has 0 amide bonds. The average molecular weight is 351 g/mol. The zero-order valence-electron chi connectivity index (χ0n) is 14.1. The van der Waals surface area contributed by atoms with Crippen LogP contribution < -0.4 is 5.73 Å². The summed E-state index contributed by atoms with van der Waals surface area (Å²) in [7, 11) is 0. The first-order chi connectivity index (χ1) is 12.8. The number of rotatable bonds is 2. The van der Waals surface area contributed by atoms with Crippen molar-refractivity contribution in [2.75, 3.05) is 5.73 Å². The standard InChI is InChI=1S/C24H17NS/c25-22-14-21-19-11-4-5-12-23(19)26-24(21)15-20(22)18-10-6-9-17(13-18)16-7-2-1-3-8-16/h1-15H,25H2. The van der Waals surface area contributed by atoms with Crippen LogP contribution in [0.25, 0.3) is 42.4 Å². The van der Waals surface area contributed by atoms with Crippen molar-refractivity contribution < 1.29 is 0 Å². The van der Waals surface area contributed by atoms with Gasteiger partial charge in [0.05, 0.1) is 0 Å². The number of hydrogen-bond donors (Lipinski definition) is 1. The van der Waals surface area contributed by atoms with Crippen LogP contribution in [0.1, 0.15) is 0 Å². The van der Waals surface area contributed by atoms with Crippen LogP contribution in [0.2, 0.25) is 0 Å². The Labute approximate surface area is 156 Å². The molecule has 0 aliphatic carbocycles. The van der Waals surface area contributed by atoms with Crippen LogP contribution in [0.3, 0.4) is 0 Å². The minimum atomic E-state index is 0.825. The molecule has 2 N–H and O–H groups in total. The molecule has 26 heavy (non-hydrogen) atoms. The molecule has 0 aliphatic heterocycles. The molecular weight excluding hydrogens is 334 g/mol. The van der Waals surface area contributed by atoms with Crippen LogP contribution in [0.5, 0.6) is 0 Å². The Morgan fingerprint density at radius 2 is 1.27 bits per heavy atom. The molecule has 1 nitrogen and oxygen atoms in total. The van der Waals surface area contributed by atoms with E-state index in [2.05, 4.69) is 84.9 Å². The van der Waals surface area contributed by atoms with Gasteiger partial charge >= 0.3 is 0 Å². The monoisotopic (exact) mass is 351 g/mol. The highest BCUT2D eigenvalue weighted by atomic mass is 32.1. The van der Waals surface area contributed by atoms with Gasteiger partial charge in [-0.3, -0.25) is 0 Å². The second-order valence-electron chi connectivity index (χ2n) is 6.48. The van der Waals surface area contributed by atoms with Crippen molar-refractivity contribution in [1.29, 1.82) is 0 Å². The van der Waals surface area contributed by atoms with Crippen molar-refractivity contribution in [1.82, 2.24) is 0 Å². The molecule has 1 heterocycles. The van der Waals surface area contributed by atoms with Gasteiger partial charge < -0.3 is 5.73 Å². The lowest BCUT2D eigenvalue weighted by molar-refractivity contribution is 1.60. The molecule has 0 saturated heterocycles. The van der Waals surface area contributed by atoms with E-state index in [0.29, 0.717) is 0 Å². The van der Waals surface area contributed by atoms with Crippen LogP contribution in [-0.4, -0.2) is 0 Å². The highest BCUT2D eigenvalue weighted by Crippen LogP contribution is 2.39. The third-order valence-corrected chi connectivity index (χ3v) is 5.96. The molecule has 4 aromatic carbocycles. The third-order valence-electron chi connectivity index (χ3n) is 4.83. The Balaban J connectivity index is 1.69. The van der Waals surface area contributed by atoms with Gasteiger partial charge in [0.15, 0.2) is 0 Å². The van der Waals surface area contributed by atoms with Crippen molar-refractivity contribution in [2.24, 2.45) is 0 Å². The molecule has 5 rings (SSSR count). The van der Waals surface area contributed by atoms with Gasteiger partial charge in [0.25, 0.3) is 0 Å². The fourth-order valence-electron chi connectivity index (χ4n) is 3.53. The van der Waals surface area contributed by atoms with Crippen molar-refractivity contribution >= 4 is 37.2 Å². The summed E-state index contributed by atoms with van der Waals surface area (Å²) in [5.74, 6) is 0. The largest absolute Gasteiger partial charge is 0.398 e. The molecule has 0 atom stereocenters. The first-order valence-electron chi connectivity index (χ1n) is 8.66. The molecule has 0 saturated carbocycles. The van der Waals surface area contributed by atoms with E-state index in [4.69, 9.17) is 5.73 Å². The summed E-state index contributed by atoms with van der Waals surface area (Å²) in [5.41, 5.74) is 12.0. The zero-order chi connectivity index (χ0) is 17.5. The molecule has 1 aromatic heterocycles. The van der Waals surface area contributed by atoms with E-state index >= 15 is 0 Å². The quantitative estimate of drug-likeness (QED) is 0.341.